The minimum Gasteiger partial charge on any atom is -0.492 e. The molecule has 0 unspecified atom stereocenters. The lowest BCUT2D eigenvalue weighted by Gasteiger charge is -2.36. The van der Waals surface area contributed by atoms with Gasteiger partial charge < -0.3 is 33.6 Å². The van der Waals surface area contributed by atoms with E-state index in [1.165, 1.54) is 5.56 Å². The first-order valence-corrected chi connectivity index (χ1v) is 23.0. The second-order valence-corrected chi connectivity index (χ2v) is 18.1. The Labute approximate surface area is 383 Å². The van der Waals surface area contributed by atoms with Gasteiger partial charge in [-0.05, 0) is 141 Å². The van der Waals surface area contributed by atoms with E-state index >= 15 is 4.79 Å². The highest BCUT2D eigenvalue weighted by molar-refractivity contribution is 6.08. The van der Waals surface area contributed by atoms with Gasteiger partial charge in [0.05, 0.1) is 12.0 Å². The van der Waals surface area contributed by atoms with Crippen LogP contribution in [0.5, 0.6) is 11.5 Å². The molecule has 0 N–H and O–H groups in total. The zero-order valence-corrected chi connectivity index (χ0v) is 38.1. The molecular formula is C55H59N5O5. The van der Waals surface area contributed by atoms with Crippen LogP contribution in [0, 0.1) is 0 Å². The number of likely N-dealkylation sites (N-methyl/N-ethyl adjacent to an activating group) is 1. The molecule has 10 heteroatoms. The van der Waals surface area contributed by atoms with Crippen molar-refractivity contribution >= 4 is 23.4 Å². The van der Waals surface area contributed by atoms with Gasteiger partial charge in [-0.1, -0.05) is 66.7 Å². The largest absolute Gasteiger partial charge is 0.492 e. The fourth-order valence-electron chi connectivity index (χ4n) is 9.54. The predicted molar refractivity (Wildman–Crippen MR) is 256 cm³/mol. The highest BCUT2D eigenvalue weighted by atomic mass is 16.5. The Hall–Kier alpha value is -6.65. The molecule has 1 atom stereocenters. The van der Waals surface area contributed by atoms with Crippen LogP contribution in [0.1, 0.15) is 79.6 Å². The summed E-state index contributed by atoms with van der Waals surface area (Å²) in [6.45, 7) is 6.31. The maximum Gasteiger partial charge on any atom is 0.259 e. The smallest absolute Gasteiger partial charge is 0.259 e. The van der Waals surface area contributed by atoms with Crippen molar-refractivity contribution in [2.24, 2.45) is 0 Å². The lowest BCUT2D eigenvalue weighted by Crippen LogP contribution is -2.43. The molecule has 1 aromatic heterocycles. The number of carbonyl (C=O) groups excluding carboxylic acids is 3. The van der Waals surface area contributed by atoms with Gasteiger partial charge in [0, 0.05) is 74.0 Å². The summed E-state index contributed by atoms with van der Waals surface area (Å²) in [5, 5.41) is 0. The maximum absolute atomic E-state index is 15.2. The van der Waals surface area contributed by atoms with E-state index in [1.54, 1.807) is 4.90 Å². The molecule has 3 amide bonds. The van der Waals surface area contributed by atoms with Crippen LogP contribution in [-0.2, 0) is 56.7 Å². The second-order valence-electron chi connectivity index (χ2n) is 18.1. The average molecular weight is 870 g/mol. The number of nitrogens with zero attached hydrogens (tertiary/aromatic N) is 5. The van der Waals surface area contributed by atoms with E-state index < -0.39 is 0 Å². The number of aromatic nitrogens is 1. The Morgan fingerprint density at radius 3 is 2.17 bits per heavy atom. The number of hydrogen-bond acceptors (Lipinski definition) is 6. The van der Waals surface area contributed by atoms with Gasteiger partial charge >= 0.3 is 0 Å². The fourth-order valence-corrected chi connectivity index (χ4v) is 9.54. The summed E-state index contributed by atoms with van der Waals surface area (Å²) >= 11 is 0. The molecule has 0 saturated carbocycles. The van der Waals surface area contributed by atoms with E-state index in [-0.39, 0.29) is 30.2 Å². The summed E-state index contributed by atoms with van der Waals surface area (Å²) < 4.78 is 14.2. The third kappa shape index (κ3) is 9.59. The standard InChI is InChI=1S/C55H59N5O5/c1-38-30-41-14-8-9-15-43(41)36-60(38)55(63)49-33-44-35-58(53(61)31-39-17-21-46(22-18-39)64-29-28-56(2)3)27-25-42(44)32-48(49)52-34-50(51-16-10-11-26-59(51)52)54(62)57(4)45-19-23-47(24-20-45)65-37-40-12-6-5-7-13-40/h5-9,12-15,17-24,32-34,38H,10-11,16,25-31,35-37H2,1-4H3/t38-/m1/s1. The van der Waals surface area contributed by atoms with Gasteiger partial charge in [-0.2, -0.15) is 0 Å². The number of ether oxygens (including phenoxy) is 2. The summed E-state index contributed by atoms with van der Waals surface area (Å²) in [4.78, 5) is 51.4. The molecule has 4 heterocycles. The van der Waals surface area contributed by atoms with Crippen molar-refractivity contribution in [3.05, 3.63) is 172 Å². The van der Waals surface area contributed by atoms with Crippen LogP contribution in [0.3, 0.4) is 0 Å². The van der Waals surface area contributed by atoms with E-state index in [0.717, 1.165) is 101 Å². The van der Waals surface area contributed by atoms with Gasteiger partial charge in [0.25, 0.3) is 11.8 Å². The Balaban J connectivity index is 1.01. The number of rotatable bonds is 13. The minimum atomic E-state index is -0.0902. The molecule has 0 fully saturated rings. The van der Waals surface area contributed by atoms with Crippen molar-refractivity contribution in [2.45, 2.75) is 77.7 Å². The SMILES string of the molecule is C[C@@H]1Cc2ccccc2CN1C(=O)c1cc2c(cc1-c1cc(C(=O)N(C)c3ccc(OCc4ccccc4)cc3)c3n1CCCC3)CCN(C(=O)Cc1ccc(OCCN(C)C)cc1)C2. The second kappa shape index (κ2) is 19.2. The van der Waals surface area contributed by atoms with Crippen LogP contribution in [0.15, 0.2) is 121 Å². The fraction of sp³-hybridized carbons (Fsp3) is 0.327. The van der Waals surface area contributed by atoms with Gasteiger partial charge in [-0.25, -0.2) is 0 Å². The van der Waals surface area contributed by atoms with E-state index in [2.05, 4.69) is 46.7 Å². The van der Waals surface area contributed by atoms with Crippen molar-refractivity contribution in [1.82, 2.24) is 19.3 Å². The van der Waals surface area contributed by atoms with Crippen LogP contribution in [0.25, 0.3) is 11.3 Å². The van der Waals surface area contributed by atoms with E-state index in [0.29, 0.717) is 50.4 Å². The van der Waals surface area contributed by atoms with Crippen LogP contribution < -0.4 is 14.4 Å². The van der Waals surface area contributed by atoms with Gasteiger partial charge in [-0.3, -0.25) is 14.4 Å². The van der Waals surface area contributed by atoms with Crippen LogP contribution in [0.4, 0.5) is 5.69 Å². The summed E-state index contributed by atoms with van der Waals surface area (Å²) in [6.07, 6.45) is 4.48. The molecule has 5 aromatic carbocycles. The molecule has 3 aliphatic heterocycles. The van der Waals surface area contributed by atoms with Gasteiger partial charge in [0.1, 0.15) is 24.7 Å². The quantitative estimate of drug-likeness (QED) is 0.115. The molecule has 0 aliphatic carbocycles. The molecule has 6 aromatic rings. The number of fused-ring (bicyclic) bond motifs is 3. The topological polar surface area (TPSA) is 87.6 Å². The van der Waals surface area contributed by atoms with E-state index in [9.17, 15) is 9.59 Å². The van der Waals surface area contributed by atoms with E-state index in [4.69, 9.17) is 9.47 Å². The first-order chi connectivity index (χ1) is 31.6. The summed E-state index contributed by atoms with van der Waals surface area (Å²) in [6, 6.07) is 40.2. The zero-order chi connectivity index (χ0) is 45.0. The highest BCUT2D eigenvalue weighted by Gasteiger charge is 2.33. The molecule has 3 aliphatic rings. The van der Waals surface area contributed by atoms with Gasteiger partial charge in [0.2, 0.25) is 5.91 Å². The molecule has 0 radical (unpaired) electrons. The predicted octanol–water partition coefficient (Wildman–Crippen LogP) is 9.00. The van der Waals surface area contributed by atoms with Crippen LogP contribution in [0.2, 0.25) is 0 Å². The normalized spacial score (nSPS) is 15.5. The number of benzene rings is 5. The van der Waals surface area contributed by atoms with Crippen molar-refractivity contribution in [1.29, 1.82) is 0 Å². The average Bonchev–Trinajstić information content (AvgIpc) is 3.72. The first kappa shape index (κ1) is 43.6. The summed E-state index contributed by atoms with van der Waals surface area (Å²) in [5.74, 6) is 1.45. The number of hydrogen-bond donors (Lipinski definition) is 0. The monoisotopic (exact) mass is 869 g/mol. The molecule has 0 saturated heterocycles. The zero-order valence-electron chi connectivity index (χ0n) is 38.1. The number of amides is 3. The number of carbonyl (C=O) groups is 3. The van der Waals surface area contributed by atoms with Crippen molar-refractivity contribution in [3.63, 3.8) is 0 Å². The molecule has 10 nitrogen and oxygen atoms in total. The van der Waals surface area contributed by atoms with E-state index in [1.807, 2.05) is 122 Å². The number of anilines is 1. The lowest BCUT2D eigenvalue weighted by molar-refractivity contribution is -0.131. The third-order valence-corrected chi connectivity index (χ3v) is 13.3. The third-order valence-electron chi connectivity index (χ3n) is 13.3. The van der Waals surface area contributed by atoms with Gasteiger partial charge in [0.15, 0.2) is 0 Å². The van der Waals surface area contributed by atoms with Gasteiger partial charge in [-0.15, -0.1) is 0 Å². The van der Waals surface area contributed by atoms with Crippen molar-refractivity contribution < 1.29 is 23.9 Å². The molecule has 334 valence electrons. The Morgan fingerprint density at radius 1 is 0.677 bits per heavy atom. The van der Waals surface area contributed by atoms with Crippen LogP contribution in [-0.4, -0.2) is 83.9 Å². The molecule has 9 rings (SSSR count). The minimum absolute atomic E-state index is 0.00808. The first-order valence-electron chi connectivity index (χ1n) is 23.0. The molecular weight excluding hydrogens is 811 g/mol. The molecule has 0 spiro atoms. The van der Waals surface area contributed by atoms with Crippen molar-refractivity contribution in [2.75, 3.05) is 45.7 Å². The Kier molecular flexibility index (Phi) is 12.9. The lowest BCUT2D eigenvalue weighted by atomic mass is 9.89. The highest BCUT2D eigenvalue weighted by Crippen LogP contribution is 2.38. The summed E-state index contributed by atoms with van der Waals surface area (Å²) in [7, 11) is 5.86. The molecule has 0 bridgehead atoms. The summed E-state index contributed by atoms with van der Waals surface area (Å²) in [5.41, 5.74) is 11.4. The van der Waals surface area contributed by atoms with Crippen LogP contribution >= 0.6 is 0 Å². The Morgan fingerprint density at radius 2 is 1.40 bits per heavy atom. The Bertz CT molecular complexity index is 2670. The molecule has 65 heavy (non-hydrogen) atoms. The van der Waals surface area contributed by atoms with Crippen molar-refractivity contribution in [3.8, 4) is 22.8 Å². The maximum atomic E-state index is 15.2.